The number of carbonyl (C=O) groups is 1. The molecule has 1 aliphatic heterocycles. The first kappa shape index (κ1) is 18.2. The van der Waals surface area contributed by atoms with Crippen molar-refractivity contribution in [3.63, 3.8) is 0 Å². The standard InChI is InChI=1S/C17H16O5S3/c1-21-16(18)13-3-2-4-15(11-13)25(19,20)22-14-7-5-12(6-8-14)17-23-9-10-24-17/h2-8,11,17H,9-10H2,1H3. The lowest BCUT2D eigenvalue weighted by molar-refractivity contribution is 0.0600. The van der Waals surface area contributed by atoms with Crippen LogP contribution in [0.15, 0.2) is 53.4 Å². The second-order valence-electron chi connectivity index (χ2n) is 5.20. The predicted octanol–water partition coefficient (Wildman–Crippen LogP) is 3.72. The summed E-state index contributed by atoms with van der Waals surface area (Å²) in [5.41, 5.74) is 1.29. The van der Waals surface area contributed by atoms with Gasteiger partial charge in [-0.2, -0.15) is 8.42 Å². The molecular formula is C17H16O5S3. The Morgan fingerprint density at radius 1 is 1.08 bits per heavy atom. The molecule has 0 saturated carbocycles. The Balaban J connectivity index is 1.78. The maximum atomic E-state index is 12.4. The van der Waals surface area contributed by atoms with E-state index in [1.165, 1.54) is 31.4 Å². The Hall–Kier alpha value is -1.64. The lowest BCUT2D eigenvalue weighted by Crippen LogP contribution is -2.11. The SMILES string of the molecule is COC(=O)c1cccc(S(=O)(=O)Oc2ccc(C3SCCS3)cc2)c1. The molecule has 0 bridgehead atoms. The Bertz CT molecular complexity index is 856. The monoisotopic (exact) mass is 396 g/mol. The fourth-order valence-corrected chi connectivity index (χ4v) is 6.14. The highest BCUT2D eigenvalue weighted by Crippen LogP contribution is 2.45. The van der Waals surface area contributed by atoms with Crippen LogP contribution in [0.2, 0.25) is 0 Å². The molecular weight excluding hydrogens is 380 g/mol. The third-order valence-corrected chi connectivity index (χ3v) is 7.87. The molecule has 0 aromatic heterocycles. The van der Waals surface area contributed by atoms with Crippen LogP contribution in [0, 0.1) is 0 Å². The summed E-state index contributed by atoms with van der Waals surface area (Å²) in [6.07, 6.45) is 0. The van der Waals surface area contributed by atoms with Crippen molar-refractivity contribution >= 4 is 39.6 Å². The molecule has 1 aliphatic rings. The summed E-state index contributed by atoms with van der Waals surface area (Å²) in [7, 11) is -2.79. The largest absolute Gasteiger partial charge is 0.465 e. The predicted molar refractivity (Wildman–Crippen MR) is 99.7 cm³/mol. The molecule has 0 unspecified atom stereocenters. The molecule has 0 spiro atoms. The van der Waals surface area contributed by atoms with Gasteiger partial charge in [-0.3, -0.25) is 0 Å². The van der Waals surface area contributed by atoms with Crippen LogP contribution in [0.4, 0.5) is 0 Å². The summed E-state index contributed by atoms with van der Waals surface area (Å²) in [6, 6.07) is 12.6. The van der Waals surface area contributed by atoms with Gasteiger partial charge in [0.2, 0.25) is 0 Å². The molecule has 5 nitrogen and oxygen atoms in total. The Morgan fingerprint density at radius 3 is 2.40 bits per heavy atom. The van der Waals surface area contributed by atoms with E-state index in [1.807, 2.05) is 35.7 Å². The first-order chi connectivity index (χ1) is 12.0. The maximum absolute atomic E-state index is 12.4. The van der Waals surface area contributed by atoms with Crippen LogP contribution in [-0.4, -0.2) is 33.0 Å². The first-order valence-electron chi connectivity index (χ1n) is 7.45. The van der Waals surface area contributed by atoms with E-state index in [-0.39, 0.29) is 16.2 Å². The van der Waals surface area contributed by atoms with Crippen molar-refractivity contribution in [3.05, 3.63) is 59.7 Å². The topological polar surface area (TPSA) is 69.7 Å². The number of benzene rings is 2. The van der Waals surface area contributed by atoms with E-state index in [2.05, 4.69) is 4.74 Å². The van der Waals surface area contributed by atoms with Crippen molar-refractivity contribution in [2.45, 2.75) is 9.48 Å². The number of carbonyl (C=O) groups excluding carboxylic acids is 1. The summed E-state index contributed by atoms with van der Waals surface area (Å²) in [5.74, 6) is 1.88. The molecule has 1 saturated heterocycles. The van der Waals surface area contributed by atoms with Crippen LogP contribution < -0.4 is 4.18 Å². The molecule has 25 heavy (non-hydrogen) atoms. The van der Waals surface area contributed by atoms with E-state index in [0.29, 0.717) is 4.58 Å². The number of esters is 1. The van der Waals surface area contributed by atoms with Gasteiger partial charge >= 0.3 is 16.1 Å². The van der Waals surface area contributed by atoms with Crippen molar-refractivity contribution in [1.29, 1.82) is 0 Å². The van der Waals surface area contributed by atoms with Gasteiger partial charge in [-0.1, -0.05) is 18.2 Å². The van der Waals surface area contributed by atoms with Crippen LogP contribution in [0.25, 0.3) is 0 Å². The molecule has 0 radical (unpaired) electrons. The minimum absolute atomic E-state index is 0.0959. The number of thioether (sulfide) groups is 2. The number of hydrogen-bond acceptors (Lipinski definition) is 7. The lowest BCUT2D eigenvalue weighted by Gasteiger charge is -2.11. The highest BCUT2D eigenvalue weighted by atomic mass is 32.2. The van der Waals surface area contributed by atoms with Gasteiger partial charge in [0.1, 0.15) is 10.6 Å². The lowest BCUT2D eigenvalue weighted by atomic mass is 10.2. The smallest absolute Gasteiger partial charge is 0.339 e. The molecule has 132 valence electrons. The van der Waals surface area contributed by atoms with Gasteiger partial charge in [0.05, 0.1) is 17.3 Å². The summed E-state index contributed by atoms with van der Waals surface area (Å²) >= 11 is 3.76. The van der Waals surface area contributed by atoms with Crippen molar-refractivity contribution in [3.8, 4) is 5.75 Å². The first-order valence-corrected chi connectivity index (χ1v) is 11.0. The van der Waals surface area contributed by atoms with Gasteiger partial charge in [-0.15, -0.1) is 23.5 Å². The summed E-state index contributed by atoms with van der Waals surface area (Å²) in [5, 5.41) is 0. The molecule has 1 fully saturated rings. The maximum Gasteiger partial charge on any atom is 0.339 e. The van der Waals surface area contributed by atoms with Gasteiger partial charge in [0, 0.05) is 11.5 Å². The van der Waals surface area contributed by atoms with Gasteiger partial charge < -0.3 is 8.92 Å². The molecule has 0 amide bonds. The second kappa shape index (κ2) is 7.72. The zero-order valence-corrected chi connectivity index (χ0v) is 15.8. The third-order valence-electron chi connectivity index (χ3n) is 3.52. The van der Waals surface area contributed by atoms with Crippen LogP contribution in [-0.2, 0) is 14.9 Å². The van der Waals surface area contributed by atoms with Gasteiger partial charge in [-0.25, -0.2) is 4.79 Å². The molecule has 0 N–H and O–H groups in total. The van der Waals surface area contributed by atoms with Crippen molar-refractivity contribution in [2.75, 3.05) is 18.6 Å². The molecule has 2 aromatic rings. The number of methoxy groups -OCH3 is 1. The van der Waals surface area contributed by atoms with Crippen LogP contribution >= 0.6 is 23.5 Å². The van der Waals surface area contributed by atoms with E-state index in [0.717, 1.165) is 17.1 Å². The van der Waals surface area contributed by atoms with Crippen LogP contribution in [0.1, 0.15) is 20.5 Å². The Kier molecular flexibility index (Phi) is 5.61. The number of ether oxygens (including phenoxy) is 1. The fraction of sp³-hybridized carbons (Fsp3) is 0.235. The zero-order valence-electron chi connectivity index (χ0n) is 13.4. The highest BCUT2D eigenvalue weighted by molar-refractivity contribution is 8.19. The van der Waals surface area contributed by atoms with Crippen molar-refractivity contribution in [1.82, 2.24) is 0 Å². The Labute approximate surface area is 155 Å². The van der Waals surface area contributed by atoms with E-state index in [1.54, 1.807) is 12.1 Å². The van der Waals surface area contributed by atoms with E-state index in [4.69, 9.17) is 4.18 Å². The van der Waals surface area contributed by atoms with Gasteiger partial charge in [0.15, 0.2) is 0 Å². The normalized spacial score (nSPS) is 15.1. The van der Waals surface area contributed by atoms with Crippen molar-refractivity contribution < 1.29 is 22.1 Å². The van der Waals surface area contributed by atoms with Crippen LogP contribution in [0.5, 0.6) is 5.75 Å². The van der Waals surface area contributed by atoms with E-state index < -0.39 is 16.1 Å². The van der Waals surface area contributed by atoms with Crippen LogP contribution in [0.3, 0.4) is 0 Å². The van der Waals surface area contributed by atoms with E-state index >= 15 is 0 Å². The average molecular weight is 397 g/mol. The fourth-order valence-electron chi connectivity index (χ4n) is 2.30. The minimum atomic E-state index is -4.03. The molecule has 0 atom stereocenters. The summed E-state index contributed by atoms with van der Waals surface area (Å²) in [4.78, 5) is 11.5. The number of rotatable bonds is 5. The molecule has 0 aliphatic carbocycles. The highest BCUT2D eigenvalue weighted by Gasteiger charge is 2.21. The van der Waals surface area contributed by atoms with Gasteiger partial charge in [-0.05, 0) is 35.9 Å². The molecule has 3 rings (SSSR count). The van der Waals surface area contributed by atoms with E-state index in [9.17, 15) is 13.2 Å². The third kappa shape index (κ3) is 4.31. The summed E-state index contributed by atoms with van der Waals surface area (Å²) in [6.45, 7) is 0. The molecule has 8 heteroatoms. The number of hydrogen-bond donors (Lipinski definition) is 0. The van der Waals surface area contributed by atoms with Crippen molar-refractivity contribution in [2.24, 2.45) is 0 Å². The quantitative estimate of drug-likeness (QED) is 0.563. The Morgan fingerprint density at radius 2 is 1.76 bits per heavy atom. The molecule has 1 heterocycles. The summed E-state index contributed by atoms with van der Waals surface area (Å²) < 4.78 is 35.0. The van der Waals surface area contributed by atoms with Gasteiger partial charge in [0.25, 0.3) is 0 Å². The second-order valence-corrected chi connectivity index (χ2v) is 9.47. The minimum Gasteiger partial charge on any atom is -0.465 e. The molecule has 2 aromatic carbocycles. The average Bonchev–Trinajstić information content (AvgIpc) is 3.16. The zero-order chi connectivity index (χ0) is 17.9.